The van der Waals surface area contributed by atoms with E-state index in [1.807, 2.05) is 18.2 Å². The molecule has 0 aliphatic carbocycles. The molecule has 0 bridgehead atoms. The van der Waals surface area contributed by atoms with E-state index in [1.54, 1.807) is 43.5 Å². The van der Waals surface area contributed by atoms with Crippen molar-refractivity contribution in [2.75, 3.05) is 13.7 Å². The molecule has 0 aliphatic heterocycles. The van der Waals surface area contributed by atoms with Gasteiger partial charge in [0.2, 0.25) is 5.91 Å². The monoisotopic (exact) mass is 441 g/mol. The molecule has 0 atom stereocenters. The van der Waals surface area contributed by atoms with E-state index in [4.69, 9.17) is 21.7 Å². The highest BCUT2D eigenvalue weighted by molar-refractivity contribution is 7.80. The van der Waals surface area contributed by atoms with Crippen LogP contribution in [0.25, 0.3) is 6.08 Å². The van der Waals surface area contributed by atoms with Crippen molar-refractivity contribution in [1.29, 1.82) is 0 Å². The molecule has 0 spiro atoms. The van der Waals surface area contributed by atoms with Gasteiger partial charge in [0.05, 0.1) is 13.7 Å². The molecule has 0 radical (unpaired) electrons. The standard InChI is InChI=1S/C23H27N3O4S/c1-16(2)14-15-30-19-11-8-18(9-12-19)22(28)25-26-23(31)24-21(27)13-10-17-6-4-5-7-20(17)29-3/h4-13,16H,14-15H2,1-3H3,(H,25,28)(H2,24,26,27,31). The molecule has 0 fully saturated rings. The Hall–Kier alpha value is -3.39. The largest absolute Gasteiger partial charge is 0.496 e. The number of amides is 2. The highest BCUT2D eigenvalue weighted by Crippen LogP contribution is 2.18. The van der Waals surface area contributed by atoms with Gasteiger partial charge >= 0.3 is 0 Å². The Morgan fingerprint density at radius 3 is 2.45 bits per heavy atom. The van der Waals surface area contributed by atoms with E-state index in [-0.39, 0.29) is 5.11 Å². The molecule has 2 rings (SSSR count). The zero-order chi connectivity index (χ0) is 22.6. The first-order chi connectivity index (χ1) is 14.9. The van der Waals surface area contributed by atoms with Gasteiger partial charge in [-0.3, -0.25) is 25.8 Å². The Labute approximate surface area is 187 Å². The van der Waals surface area contributed by atoms with E-state index in [9.17, 15) is 9.59 Å². The van der Waals surface area contributed by atoms with Gasteiger partial charge in [-0.05, 0) is 61.0 Å². The molecule has 0 saturated heterocycles. The maximum absolute atomic E-state index is 12.2. The van der Waals surface area contributed by atoms with Gasteiger partial charge in [-0.2, -0.15) is 0 Å². The lowest BCUT2D eigenvalue weighted by Crippen LogP contribution is -2.48. The molecule has 0 unspecified atom stereocenters. The number of carbonyl (C=O) groups excluding carboxylic acids is 2. The summed E-state index contributed by atoms with van der Waals surface area (Å²) >= 11 is 5.03. The quantitative estimate of drug-likeness (QED) is 0.330. The van der Waals surface area contributed by atoms with Crippen LogP contribution in [0.1, 0.15) is 36.2 Å². The predicted octanol–water partition coefficient (Wildman–Crippen LogP) is 3.47. The molecular formula is C23H27N3O4S. The third kappa shape index (κ3) is 8.47. The molecule has 31 heavy (non-hydrogen) atoms. The lowest BCUT2D eigenvalue weighted by atomic mass is 10.1. The minimum atomic E-state index is -0.444. The maximum Gasteiger partial charge on any atom is 0.269 e. The van der Waals surface area contributed by atoms with Crippen molar-refractivity contribution in [3.8, 4) is 11.5 Å². The molecule has 2 aromatic rings. The molecule has 0 saturated carbocycles. The van der Waals surface area contributed by atoms with Crippen LogP contribution in [-0.4, -0.2) is 30.6 Å². The second kappa shape index (κ2) is 12.3. The molecule has 8 heteroatoms. The molecule has 164 valence electrons. The Bertz CT molecular complexity index is 927. The van der Waals surface area contributed by atoms with Crippen LogP contribution in [0.3, 0.4) is 0 Å². The third-order valence-electron chi connectivity index (χ3n) is 4.16. The first-order valence-electron chi connectivity index (χ1n) is 9.84. The van der Waals surface area contributed by atoms with Crippen molar-refractivity contribution >= 4 is 35.2 Å². The zero-order valence-corrected chi connectivity index (χ0v) is 18.6. The predicted molar refractivity (Wildman–Crippen MR) is 125 cm³/mol. The minimum absolute atomic E-state index is 0.0309. The highest BCUT2D eigenvalue weighted by Gasteiger charge is 2.08. The van der Waals surface area contributed by atoms with Crippen LogP contribution in [0, 0.1) is 5.92 Å². The molecule has 0 aliphatic rings. The number of nitrogens with one attached hydrogen (secondary N) is 3. The van der Waals surface area contributed by atoms with E-state index in [2.05, 4.69) is 30.0 Å². The van der Waals surface area contributed by atoms with Crippen LogP contribution >= 0.6 is 12.2 Å². The van der Waals surface area contributed by atoms with Crippen molar-refractivity contribution < 1.29 is 19.1 Å². The molecule has 3 N–H and O–H groups in total. The topological polar surface area (TPSA) is 88.7 Å². The summed E-state index contributed by atoms with van der Waals surface area (Å²) in [6.45, 7) is 4.89. The number of rotatable bonds is 8. The Morgan fingerprint density at radius 1 is 1.06 bits per heavy atom. The van der Waals surface area contributed by atoms with Crippen molar-refractivity contribution in [2.45, 2.75) is 20.3 Å². The average Bonchev–Trinajstić information content (AvgIpc) is 2.76. The number of thiocarbonyl (C=S) groups is 1. The van der Waals surface area contributed by atoms with Crippen LogP contribution in [0.5, 0.6) is 11.5 Å². The first kappa shape index (κ1) is 23.9. The Morgan fingerprint density at radius 2 is 1.77 bits per heavy atom. The minimum Gasteiger partial charge on any atom is -0.496 e. The van der Waals surface area contributed by atoms with Crippen molar-refractivity contribution in [3.63, 3.8) is 0 Å². The van der Waals surface area contributed by atoms with E-state index < -0.39 is 11.8 Å². The van der Waals surface area contributed by atoms with E-state index >= 15 is 0 Å². The normalized spacial score (nSPS) is 10.6. The molecule has 0 aromatic heterocycles. The fraction of sp³-hybridized carbons (Fsp3) is 0.261. The second-order valence-electron chi connectivity index (χ2n) is 7.03. The average molecular weight is 442 g/mol. The van der Waals surface area contributed by atoms with Gasteiger partial charge in [-0.25, -0.2) is 0 Å². The number of carbonyl (C=O) groups is 2. The van der Waals surface area contributed by atoms with Crippen LogP contribution < -0.4 is 25.6 Å². The number of para-hydroxylation sites is 1. The van der Waals surface area contributed by atoms with Gasteiger partial charge in [-0.15, -0.1) is 0 Å². The molecular weight excluding hydrogens is 414 g/mol. The van der Waals surface area contributed by atoms with Crippen LogP contribution in [0.2, 0.25) is 0 Å². The van der Waals surface area contributed by atoms with Gasteiger partial charge in [0.25, 0.3) is 5.91 Å². The summed E-state index contributed by atoms with van der Waals surface area (Å²) < 4.78 is 10.9. The summed E-state index contributed by atoms with van der Waals surface area (Å²) in [5, 5.41) is 2.42. The number of ether oxygens (including phenoxy) is 2. The molecule has 2 amide bonds. The number of benzene rings is 2. The smallest absolute Gasteiger partial charge is 0.269 e. The summed E-state index contributed by atoms with van der Waals surface area (Å²) in [6.07, 6.45) is 3.90. The third-order valence-corrected chi connectivity index (χ3v) is 4.36. The molecule has 2 aromatic carbocycles. The van der Waals surface area contributed by atoms with Crippen LogP contribution in [0.15, 0.2) is 54.6 Å². The summed E-state index contributed by atoms with van der Waals surface area (Å²) in [7, 11) is 1.56. The highest BCUT2D eigenvalue weighted by atomic mass is 32.1. The summed E-state index contributed by atoms with van der Waals surface area (Å²) in [5.41, 5.74) is 6.13. The number of hydrogen-bond donors (Lipinski definition) is 3. The van der Waals surface area contributed by atoms with Gasteiger partial charge in [-0.1, -0.05) is 32.0 Å². The lowest BCUT2D eigenvalue weighted by molar-refractivity contribution is -0.115. The van der Waals surface area contributed by atoms with Crippen molar-refractivity contribution in [1.82, 2.24) is 16.2 Å². The second-order valence-corrected chi connectivity index (χ2v) is 7.44. The van der Waals surface area contributed by atoms with Gasteiger partial charge < -0.3 is 9.47 Å². The fourth-order valence-electron chi connectivity index (χ4n) is 2.46. The summed E-state index contributed by atoms with van der Waals surface area (Å²) in [4.78, 5) is 24.2. The van der Waals surface area contributed by atoms with Crippen molar-refractivity contribution in [3.05, 3.63) is 65.7 Å². The zero-order valence-electron chi connectivity index (χ0n) is 17.8. The van der Waals surface area contributed by atoms with E-state index in [1.165, 1.54) is 6.08 Å². The van der Waals surface area contributed by atoms with Crippen molar-refractivity contribution in [2.24, 2.45) is 5.92 Å². The Balaban J connectivity index is 1.78. The number of hydrogen-bond acceptors (Lipinski definition) is 5. The van der Waals surface area contributed by atoms with Crippen LogP contribution in [0.4, 0.5) is 0 Å². The summed E-state index contributed by atoms with van der Waals surface area (Å²) in [6, 6.07) is 14.1. The number of methoxy groups -OCH3 is 1. The van der Waals surface area contributed by atoms with Gasteiger partial charge in [0, 0.05) is 17.2 Å². The molecule has 7 nitrogen and oxygen atoms in total. The molecule has 0 heterocycles. The maximum atomic E-state index is 12.2. The first-order valence-corrected chi connectivity index (χ1v) is 10.2. The van der Waals surface area contributed by atoms with Gasteiger partial charge in [0.15, 0.2) is 5.11 Å². The number of hydrazine groups is 1. The Kier molecular flexibility index (Phi) is 9.51. The lowest BCUT2D eigenvalue weighted by Gasteiger charge is -2.11. The van der Waals surface area contributed by atoms with Gasteiger partial charge in [0.1, 0.15) is 11.5 Å². The SMILES string of the molecule is COc1ccccc1C=CC(=O)NC(=S)NNC(=O)c1ccc(OCCC(C)C)cc1. The van der Waals surface area contributed by atoms with E-state index in [0.717, 1.165) is 12.0 Å². The summed E-state index contributed by atoms with van der Waals surface area (Å²) in [5.74, 6) is 1.08. The van der Waals surface area contributed by atoms with E-state index in [0.29, 0.717) is 29.6 Å². The fourth-order valence-corrected chi connectivity index (χ4v) is 2.61. The van der Waals surface area contributed by atoms with Crippen LogP contribution in [-0.2, 0) is 4.79 Å².